The molecule has 0 aromatic rings. The third-order valence-electron chi connectivity index (χ3n) is 2.80. The van der Waals surface area contributed by atoms with E-state index in [0.717, 1.165) is 6.66 Å². The summed E-state index contributed by atoms with van der Waals surface area (Å²) in [5.74, 6) is 0. The standard InChI is InChI=1S/C7H14BO6P/c1-15(10,11)14-5-4-6(8)13-7(5,2-9)3-12-4/h4-6,9H,2-3,8H2,1H3,(H,10,11)/t4?,5?,6?,7-/m0/s1. The van der Waals surface area contributed by atoms with Crippen molar-refractivity contribution in [2.24, 2.45) is 0 Å². The van der Waals surface area contributed by atoms with Gasteiger partial charge in [-0.05, 0) is 0 Å². The molecule has 6 nitrogen and oxygen atoms in total. The molecule has 0 amide bonds. The van der Waals surface area contributed by atoms with Gasteiger partial charge in [0.1, 0.15) is 25.7 Å². The van der Waals surface area contributed by atoms with Crippen molar-refractivity contribution in [2.45, 2.75) is 23.8 Å². The summed E-state index contributed by atoms with van der Waals surface area (Å²) in [6, 6.07) is -0.234. The second-order valence-corrected chi connectivity index (χ2v) is 5.97. The van der Waals surface area contributed by atoms with E-state index >= 15 is 0 Å². The quantitative estimate of drug-likeness (QED) is 0.449. The van der Waals surface area contributed by atoms with Crippen LogP contribution in [0.4, 0.5) is 0 Å². The Hall–Kier alpha value is 0.0949. The molecule has 2 heterocycles. The van der Waals surface area contributed by atoms with Crippen molar-refractivity contribution >= 4 is 15.4 Å². The minimum Gasteiger partial charge on any atom is -0.393 e. The highest BCUT2D eigenvalue weighted by molar-refractivity contribution is 7.51. The predicted molar refractivity (Wildman–Crippen MR) is 53.6 cm³/mol. The van der Waals surface area contributed by atoms with Crippen LogP contribution in [0.25, 0.3) is 0 Å². The SMILES string of the molecule is BC1O[C@@]2(CO)COC1C2OP(C)(=O)O. The minimum atomic E-state index is -3.60. The minimum absolute atomic E-state index is 0.198. The van der Waals surface area contributed by atoms with E-state index in [1.165, 1.54) is 0 Å². The zero-order valence-electron chi connectivity index (χ0n) is 8.62. The first-order valence-electron chi connectivity index (χ1n) is 4.77. The van der Waals surface area contributed by atoms with Crippen LogP contribution in [0.3, 0.4) is 0 Å². The Kier molecular flexibility index (Phi) is 2.74. The van der Waals surface area contributed by atoms with Gasteiger partial charge in [0.25, 0.3) is 0 Å². The molecule has 0 aliphatic carbocycles. The summed E-state index contributed by atoms with van der Waals surface area (Å²) in [7, 11) is -1.82. The normalized spacial score (nSPS) is 48.1. The molecular weight excluding hydrogens is 222 g/mol. The smallest absolute Gasteiger partial charge is 0.325 e. The zero-order valence-corrected chi connectivity index (χ0v) is 9.52. The highest BCUT2D eigenvalue weighted by Gasteiger charge is 2.61. The van der Waals surface area contributed by atoms with E-state index in [0.29, 0.717) is 0 Å². The van der Waals surface area contributed by atoms with Gasteiger partial charge in [0.15, 0.2) is 0 Å². The maximum Gasteiger partial charge on any atom is 0.325 e. The van der Waals surface area contributed by atoms with Crippen molar-refractivity contribution < 1.29 is 28.6 Å². The van der Waals surface area contributed by atoms with E-state index in [2.05, 4.69) is 0 Å². The van der Waals surface area contributed by atoms with Gasteiger partial charge in [-0.25, -0.2) is 0 Å². The topological polar surface area (TPSA) is 85.2 Å². The summed E-state index contributed by atoms with van der Waals surface area (Å²) in [4.78, 5) is 9.18. The molecule has 0 aromatic heterocycles. The van der Waals surface area contributed by atoms with E-state index in [-0.39, 0.29) is 25.3 Å². The monoisotopic (exact) mass is 236 g/mol. The first-order chi connectivity index (χ1) is 6.88. The maximum atomic E-state index is 11.2. The van der Waals surface area contributed by atoms with Gasteiger partial charge in [-0.2, -0.15) is 0 Å². The van der Waals surface area contributed by atoms with Crippen LogP contribution < -0.4 is 0 Å². The molecule has 0 aromatic carbocycles. The Bertz CT molecular complexity index is 306. The van der Waals surface area contributed by atoms with Gasteiger partial charge in [0.2, 0.25) is 0 Å². The van der Waals surface area contributed by atoms with Crippen LogP contribution >= 0.6 is 7.60 Å². The largest absolute Gasteiger partial charge is 0.393 e. The van der Waals surface area contributed by atoms with Crippen LogP contribution in [0.1, 0.15) is 0 Å². The second-order valence-electron chi connectivity index (χ2n) is 4.15. The van der Waals surface area contributed by atoms with E-state index in [9.17, 15) is 14.6 Å². The molecule has 2 bridgehead atoms. The lowest BCUT2D eigenvalue weighted by Crippen LogP contribution is -2.45. The molecule has 2 fully saturated rings. The predicted octanol–water partition coefficient (Wildman–Crippen LogP) is -1.69. The van der Waals surface area contributed by atoms with E-state index in [4.69, 9.17) is 14.0 Å². The van der Waals surface area contributed by atoms with Gasteiger partial charge < -0.3 is 19.5 Å². The van der Waals surface area contributed by atoms with E-state index in [1.54, 1.807) is 7.85 Å². The zero-order chi connectivity index (χ0) is 11.3. The van der Waals surface area contributed by atoms with Gasteiger partial charge in [0.05, 0.1) is 19.2 Å². The number of hydrogen-bond acceptors (Lipinski definition) is 5. The molecule has 2 aliphatic rings. The van der Waals surface area contributed by atoms with Crippen LogP contribution in [0, 0.1) is 0 Å². The molecule has 2 aliphatic heterocycles. The van der Waals surface area contributed by atoms with Gasteiger partial charge in [-0.1, -0.05) is 0 Å². The van der Waals surface area contributed by atoms with Crippen molar-refractivity contribution in [3.63, 3.8) is 0 Å². The summed E-state index contributed by atoms with van der Waals surface area (Å²) in [5.41, 5.74) is -0.974. The fourth-order valence-corrected chi connectivity index (χ4v) is 2.90. The first kappa shape index (κ1) is 11.6. The molecule has 2 saturated heterocycles. The molecule has 15 heavy (non-hydrogen) atoms. The number of aliphatic hydroxyl groups is 1. The highest BCUT2D eigenvalue weighted by Crippen LogP contribution is 2.49. The van der Waals surface area contributed by atoms with Crippen molar-refractivity contribution in [2.75, 3.05) is 19.9 Å². The van der Waals surface area contributed by atoms with Gasteiger partial charge in [-0.15, -0.1) is 0 Å². The van der Waals surface area contributed by atoms with Crippen LogP contribution in [0.5, 0.6) is 0 Å². The summed E-state index contributed by atoms with van der Waals surface area (Å²) >= 11 is 0. The lowest BCUT2D eigenvalue weighted by Gasteiger charge is -2.28. The molecule has 86 valence electrons. The molecule has 5 atom stereocenters. The first-order valence-corrected chi connectivity index (χ1v) is 6.79. The summed E-state index contributed by atoms with van der Waals surface area (Å²) in [5, 5.41) is 9.27. The second kappa shape index (κ2) is 3.55. The number of hydrogen-bond donors (Lipinski definition) is 2. The molecule has 0 saturated carbocycles. The number of rotatable bonds is 3. The summed E-state index contributed by atoms with van der Waals surface area (Å²) < 4.78 is 27.1. The van der Waals surface area contributed by atoms with Crippen molar-refractivity contribution in [3.8, 4) is 0 Å². The van der Waals surface area contributed by atoms with Crippen molar-refractivity contribution in [1.82, 2.24) is 0 Å². The van der Waals surface area contributed by atoms with Gasteiger partial charge in [-0.3, -0.25) is 9.09 Å². The van der Waals surface area contributed by atoms with Gasteiger partial charge in [0, 0.05) is 6.66 Å². The molecule has 0 radical (unpaired) electrons. The average molecular weight is 236 g/mol. The fourth-order valence-electron chi connectivity index (χ4n) is 2.17. The van der Waals surface area contributed by atoms with Gasteiger partial charge >= 0.3 is 7.60 Å². The lowest BCUT2D eigenvalue weighted by atomic mass is 9.92. The van der Waals surface area contributed by atoms with Crippen LogP contribution in [-0.2, 0) is 18.6 Å². The van der Waals surface area contributed by atoms with Crippen molar-refractivity contribution in [3.05, 3.63) is 0 Å². The van der Waals surface area contributed by atoms with Crippen LogP contribution in [-0.4, -0.2) is 61.5 Å². The van der Waals surface area contributed by atoms with Crippen molar-refractivity contribution in [1.29, 1.82) is 0 Å². The fraction of sp³-hybridized carbons (Fsp3) is 1.00. The lowest BCUT2D eigenvalue weighted by molar-refractivity contribution is -0.135. The number of aliphatic hydroxyl groups excluding tert-OH is 1. The Balaban J connectivity index is 2.21. The summed E-state index contributed by atoms with van der Waals surface area (Å²) in [6.45, 7) is 1.03. The Morgan fingerprint density at radius 3 is 2.87 bits per heavy atom. The number of ether oxygens (including phenoxy) is 2. The average Bonchev–Trinajstić information content (AvgIpc) is 2.55. The Labute approximate surface area is 88.5 Å². The Morgan fingerprint density at radius 2 is 2.40 bits per heavy atom. The molecular formula is C7H14BO6P. The Morgan fingerprint density at radius 1 is 1.73 bits per heavy atom. The molecule has 0 spiro atoms. The van der Waals surface area contributed by atoms with Crippen LogP contribution in [0.15, 0.2) is 0 Å². The molecule has 2 rings (SSSR count). The van der Waals surface area contributed by atoms with E-state index in [1.807, 2.05) is 0 Å². The highest BCUT2D eigenvalue weighted by atomic mass is 31.2. The summed E-state index contributed by atoms with van der Waals surface area (Å²) in [6.07, 6.45) is -1.05. The third-order valence-corrected chi connectivity index (χ3v) is 3.42. The van der Waals surface area contributed by atoms with E-state index < -0.39 is 19.3 Å². The molecule has 8 heteroatoms. The van der Waals surface area contributed by atoms with Crippen LogP contribution in [0.2, 0.25) is 0 Å². The third kappa shape index (κ3) is 1.88. The molecule has 4 unspecified atom stereocenters. The maximum absolute atomic E-state index is 11.2. The number of fused-ring (bicyclic) bond motifs is 2. The molecule has 2 N–H and O–H groups in total.